The van der Waals surface area contributed by atoms with E-state index in [-0.39, 0.29) is 1.43 Å². The van der Waals surface area contributed by atoms with E-state index < -0.39 is 0 Å². The standard InChI is InChI=1S/C6H13N.C3H8.H2/c1-7-6-4-2-3-5-6;1-3-2;/h6-7H,2-5H2,1H3;3H2,1-2H3;1H. The van der Waals surface area contributed by atoms with Crippen molar-refractivity contribution < 1.29 is 1.43 Å². The Hall–Kier alpha value is -0.0400. The van der Waals surface area contributed by atoms with Crippen LogP contribution >= 0.6 is 0 Å². The molecule has 1 fully saturated rings. The number of hydrogen-bond donors (Lipinski definition) is 1. The Morgan fingerprint density at radius 1 is 1.30 bits per heavy atom. The fraction of sp³-hybridized carbons (Fsp3) is 1.00. The zero-order chi connectivity index (χ0) is 7.82. The monoisotopic (exact) mass is 145 g/mol. The van der Waals surface area contributed by atoms with E-state index in [0.29, 0.717) is 0 Å². The maximum Gasteiger partial charge on any atom is 0.00640 e. The molecule has 0 saturated heterocycles. The molecule has 0 atom stereocenters. The number of hydrogen-bond acceptors (Lipinski definition) is 1. The van der Waals surface area contributed by atoms with Crippen molar-refractivity contribution in [2.24, 2.45) is 0 Å². The van der Waals surface area contributed by atoms with Gasteiger partial charge in [0.1, 0.15) is 0 Å². The third-order valence-electron chi connectivity index (χ3n) is 1.76. The van der Waals surface area contributed by atoms with E-state index in [4.69, 9.17) is 0 Å². The lowest BCUT2D eigenvalue weighted by atomic mass is 10.3. The molecule has 0 radical (unpaired) electrons. The summed E-state index contributed by atoms with van der Waals surface area (Å²) in [5, 5.41) is 3.26. The Morgan fingerprint density at radius 3 is 1.90 bits per heavy atom. The van der Waals surface area contributed by atoms with Crippen LogP contribution in [0.5, 0.6) is 0 Å². The van der Waals surface area contributed by atoms with Crippen LogP contribution in [0.25, 0.3) is 0 Å². The lowest BCUT2D eigenvalue weighted by molar-refractivity contribution is 0.582. The topological polar surface area (TPSA) is 12.0 Å². The van der Waals surface area contributed by atoms with Crippen LogP contribution in [0.2, 0.25) is 0 Å². The molecule has 1 N–H and O–H groups in total. The van der Waals surface area contributed by atoms with E-state index in [1.165, 1.54) is 32.1 Å². The van der Waals surface area contributed by atoms with E-state index >= 15 is 0 Å². The molecule has 0 spiro atoms. The van der Waals surface area contributed by atoms with E-state index in [0.717, 1.165) is 6.04 Å². The Bertz CT molecular complexity index is 60.6. The van der Waals surface area contributed by atoms with Crippen molar-refractivity contribution >= 4 is 0 Å². The molecule has 10 heavy (non-hydrogen) atoms. The van der Waals surface area contributed by atoms with Crippen molar-refractivity contribution in [3.8, 4) is 0 Å². The second-order valence-electron chi connectivity index (χ2n) is 2.98. The summed E-state index contributed by atoms with van der Waals surface area (Å²) in [6, 6.07) is 0.847. The average Bonchev–Trinajstić information content (AvgIpc) is 2.39. The Balaban J connectivity index is 0. The van der Waals surface area contributed by atoms with E-state index in [1.807, 2.05) is 0 Å². The summed E-state index contributed by atoms with van der Waals surface area (Å²) in [7, 11) is 2.05. The Morgan fingerprint density at radius 2 is 1.70 bits per heavy atom. The second kappa shape index (κ2) is 7.07. The summed E-state index contributed by atoms with van der Waals surface area (Å²) in [6.07, 6.45) is 6.92. The highest BCUT2D eigenvalue weighted by Gasteiger charge is 2.10. The minimum Gasteiger partial charge on any atom is -0.317 e. The summed E-state index contributed by atoms with van der Waals surface area (Å²) in [5.74, 6) is 0. The summed E-state index contributed by atoms with van der Waals surface area (Å²) in [6.45, 7) is 4.25. The van der Waals surface area contributed by atoms with Crippen LogP contribution in [0, 0.1) is 0 Å². The maximum absolute atomic E-state index is 3.26. The molecule has 1 aliphatic rings. The summed E-state index contributed by atoms with van der Waals surface area (Å²) in [5.41, 5.74) is 0. The van der Waals surface area contributed by atoms with Crippen LogP contribution in [0.4, 0.5) is 0 Å². The highest BCUT2D eigenvalue weighted by Crippen LogP contribution is 2.16. The summed E-state index contributed by atoms with van der Waals surface area (Å²) in [4.78, 5) is 0. The van der Waals surface area contributed by atoms with Crippen LogP contribution in [0.3, 0.4) is 0 Å². The summed E-state index contributed by atoms with van der Waals surface area (Å²) >= 11 is 0. The lowest BCUT2D eigenvalue weighted by Gasteiger charge is -2.03. The van der Waals surface area contributed by atoms with Crippen molar-refractivity contribution in [2.45, 2.75) is 52.0 Å². The fourth-order valence-electron chi connectivity index (χ4n) is 1.21. The van der Waals surface area contributed by atoms with Gasteiger partial charge in [0.15, 0.2) is 0 Å². The van der Waals surface area contributed by atoms with Gasteiger partial charge >= 0.3 is 0 Å². The van der Waals surface area contributed by atoms with Gasteiger partial charge in [0.25, 0.3) is 0 Å². The van der Waals surface area contributed by atoms with Gasteiger partial charge in [-0.25, -0.2) is 0 Å². The van der Waals surface area contributed by atoms with Crippen LogP contribution in [0.15, 0.2) is 0 Å². The molecular weight excluding hydrogens is 122 g/mol. The molecule has 0 aliphatic heterocycles. The van der Waals surface area contributed by atoms with Gasteiger partial charge in [0.2, 0.25) is 0 Å². The number of nitrogens with one attached hydrogen (secondary N) is 1. The Kier molecular flexibility index (Phi) is 7.04. The zero-order valence-corrected chi connectivity index (χ0v) is 7.61. The van der Waals surface area contributed by atoms with Gasteiger partial charge in [-0.15, -0.1) is 0 Å². The van der Waals surface area contributed by atoms with E-state index in [9.17, 15) is 0 Å². The van der Waals surface area contributed by atoms with Gasteiger partial charge in [-0.1, -0.05) is 33.1 Å². The minimum atomic E-state index is 0. The largest absolute Gasteiger partial charge is 0.317 e. The third kappa shape index (κ3) is 4.80. The molecule has 1 rings (SSSR count). The van der Waals surface area contributed by atoms with Crippen molar-refractivity contribution in [3.05, 3.63) is 0 Å². The molecule has 0 heterocycles. The normalized spacial score (nSPS) is 18.3. The highest BCUT2D eigenvalue weighted by atomic mass is 14.9. The van der Waals surface area contributed by atoms with Crippen molar-refractivity contribution in [1.29, 1.82) is 0 Å². The number of rotatable bonds is 1. The lowest BCUT2D eigenvalue weighted by Crippen LogP contribution is -2.20. The average molecular weight is 145 g/mol. The van der Waals surface area contributed by atoms with Gasteiger partial charge in [-0.2, -0.15) is 0 Å². The molecule has 0 unspecified atom stereocenters. The molecular formula is C9H23N. The predicted molar refractivity (Wildman–Crippen MR) is 49.4 cm³/mol. The predicted octanol–water partition coefficient (Wildman–Crippen LogP) is 2.81. The van der Waals surface area contributed by atoms with E-state index in [1.54, 1.807) is 0 Å². The summed E-state index contributed by atoms with van der Waals surface area (Å²) < 4.78 is 0. The molecule has 0 amide bonds. The molecule has 1 aliphatic carbocycles. The fourth-order valence-corrected chi connectivity index (χ4v) is 1.21. The van der Waals surface area contributed by atoms with Gasteiger partial charge in [0.05, 0.1) is 0 Å². The van der Waals surface area contributed by atoms with Gasteiger partial charge < -0.3 is 5.32 Å². The van der Waals surface area contributed by atoms with Crippen LogP contribution in [-0.2, 0) is 0 Å². The first kappa shape index (κ1) is 9.96. The smallest absolute Gasteiger partial charge is 0.00640 e. The van der Waals surface area contributed by atoms with Crippen molar-refractivity contribution in [1.82, 2.24) is 5.32 Å². The first-order valence-corrected chi connectivity index (χ1v) is 4.52. The molecule has 1 saturated carbocycles. The quantitative estimate of drug-likeness (QED) is 0.598. The molecule has 0 bridgehead atoms. The minimum absolute atomic E-state index is 0. The van der Waals surface area contributed by atoms with Crippen molar-refractivity contribution in [2.75, 3.05) is 7.05 Å². The first-order chi connectivity index (χ1) is 4.85. The maximum atomic E-state index is 3.26. The first-order valence-electron chi connectivity index (χ1n) is 4.52. The van der Waals surface area contributed by atoms with Gasteiger partial charge in [-0.05, 0) is 19.9 Å². The van der Waals surface area contributed by atoms with Crippen LogP contribution in [-0.4, -0.2) is 13.1 Å². The van der Waals surface area contributed by atoms with Crippen LogP contribution in [0.1, 0.15) is 47.4 Å². The van der Waals surface area contributed by atoms with Gasteiger partial charge in [0, 0.05) is 7.47 Å². The molecule has 0 aromatic heterocycles. The molecule has 0 aromatic carbocycles. The highest BCUT2D eigenvalue weighted by molar-refractivity contribution is 4.70. The second-order valence-corrected chi connectivity index (χ2v) is 2.98. The molecule has 1 heteroatoms. The molecule has 64 valence electrons. The van der Waals surface area contributed by atoms with Gasteiger partial charge in [-0.3, -0.25) is 0 Å². The van der Waals surface area contributed by atoms with Crippen LogP contribution < -0.4 is 5.32 Å². The molecule has 0 aromatic rings. The Labute approximate surface area is 66.7 Å². The SMILES string of the molecule is CCC.CNC1CCCC1.[HH]. The van der Waals surface area contributed by atoms with E-state index in [2.05, 4.69) is 26.2 Å². The zero-order valence-electron chi connectivity index (χ0n) is 7.61. The molecule has 1 nitrogen and oxygen atoms in total. The third-order valence-corrected chi connectivity index (χ3v) is 1.76. The van der Waals surface area contributed by atoms with Crippen molar-refractivity contribution in [3.63, 3.8) is 0 Å².